The second kappa shape index (κ2) is 5.32. The van der Waals surface area contributed by atoms with E-state index in [1.807, 2.05) is 18.2 Å². The summed E-state index contributed by atoms with van der Waals surface area (Å²) in [5.74, 6) is 0. The number of nitrogens with one attached hydrogen (secondary N) is 1. The van der Waals surface area contributed by atoms with Crippen LogP contribution in [0.15, 0.2) is 41.6 Å². The van der Waals surface area contributed by atoms with Crippen LogP contribution in [0.4, 0.5) is 0 Å². The summed E-state index contributed by atoms with van der Waals surface area (Å²) in [4.78, 5) is 0. The maximum atomic E-state index is 12.3. The normalized spacial score (nSPS) is 13.7. The Kier molecular flexibility index (Phi) is 3.93. The first kappa shape index (κ1) is 14.0. The molecule has 1 unspecified atom stereocenters. The molecule has 1 N–H and O–H groups in total. The fraction of sp³-hybridized carbons (Fsp3) is 0.250. The van der Waals surface area contributed by atoms with Gasteiger partial charge in [-0.1, -0.05) is 29.8 Å². The summed E-state index contributed by atoms with van der Waals surface area (Å²) in [6.45, 7) is 1.79. The average Bonchev–Trinajstić information content (AvgIpc) is 2.92. The summed E-state index contributed by atoms with van der Waals surface area (Å²) in [6.07, 6.45) is 1.40. The molecule has 1 aromatic carbocycles. The zero-order valence-electron chi connectivity index (χ0n) is 10.5. The highest BCUT2D eigenvalue weighted by Gasteiger charge is 2.28. The highest BCUT2D eigenvalue weighted by molar-refractivity contribution is 7.89. The number of hydrogen-bond acceptors (Lipinski definition) is 3. The third-order valence-corrected chi connectivity index (χ3v) is 5.23. The van der Waals surface area contributed by atoms with Gasteiger partial charge in [0.1, 0.15) is 0 Å². The number of hydrogen-bond donors (Lipinski definition) is 1. The lowest BCUT2D eigenvalue weighted by Crippen LogP contribution is -2.30. The van der Waals surface area contributed by atoms with Crippen LogP contribution in [0.3, 0.4) is 0 Å². The number of sulfonamides is 1. The van der Waals surface area contributed by atoms with Gasteiger partial charge in [-0.05, 0) is 24.6 Å². The lowest BCUT2D eigenvalue weighted by atomic mass is 10.1. The Morgan fingerprint density at radius 1 is 1.32 bits per heavy atom. The fourth-order valence-corrected chi connectivity index (χ4v) is 3.29. The Morgan fingerprint density at radius 2 is 2.00 bits per heavy atom. The number of halogens is 1. The standard InChI is InChI=1S/C12H14ClN3O2S/c1-9(10-5-3-4-6-11(10)13)16(2)19(17,18)12-7-8-14-15-12/h3-9H,1-2H3,(H,14,15). The van der Waals surface area contributed by atoms with Gasteiger partial charge in [-0.2, -0.15) is 9.40 Å². The smallest absolute Gasteiger partial charge is 0.260 e. The predicted molar refractivity (Wildman–Crippen MR) is 73.4 cm³/mol. The number of aromatic nitrogens is 2. The Hall–Kier alpha value is -1.37. The summed E-state index contributed by atoms with van der Waals surface area (Å²) in [5, 5.41) is 6.74. The SMILES string of the molecule is CC(c1ccccc1Cl)N(C)S(=O)(=O)c1ccn[nH]1. The number of H-pyrrole nitrogens is 1. The molecular formula is C12H14ClN3O2S. The topological polar surface area (TPSA) is 66.1 Å². The van der Waals surface area contributed by atoms with Gasteiger partial charge in [0.15, 0.2) is 5.03 Å². The summed E-state index contributed by atoms with van der Waals surface area (Å²) >= 11 is 6.10. The fourth-order valence-electron chi connectivity index (χ4n) is 1.76. The van der Waals surface area contributed by atoms with E-state index < -0.39 is 10.0 Å². The molecule has 0 bridgehead atoms. The van der Waals surface area contributed by atoms with Crippen LogP contribution in [0, 0.1) is 0 Å². The van der Waals surface area contributed by atoms with Crippen molar-refractivity contribution >= 4 is 21.6 Å². The van der Waals surface area contributed by atoms with E-state index in [4.69, 9.17) is 11.6 Å². The molecule has 5 nitrogen and oxygen atoms in total. The molecule has 19 heavy (non-hydrogen) atoms. The molecule has 2 aromatic rings. The molecule has 1 atom stereocenters. The number of nitrogens with zero attached hydrogens (tertiary/aromatic N) is 2. The van der Waals surface area contributed by atoms with Gasteiger partial charge in [0, 0.05) is 18.1 Å². The maximum Gasteiger partial charge on any atom is 0.260 e. The van der Waals surface area contributed by atoms with E-state index in [-0.39, 0.29) is 11.1 Å². The third-order valence-electron chi connectivity index (χ3n) is 3.03. The van der Waals surface area contributed by atoms with E-state index in [0.717, 1.165) is 5.56 Å². The summed E-state index contributed by atoms with van der Waals surface area (Å²) in [7, 11) is -2.09. The van der Waals surface area contributed by atoms with Crippen molar-refractivity contribution in [1.29, 1.82) is 0 Å². The van der Waals surface area contributed by atoms with Gasteiger partial charge in [-0.3, -0.25) is 5.10 Å². The molecule has 0 saturated carbocycles. The van der Waals surface area contributed by atoms with Crippen molar-refractivity contribution in [3.8, 4) is 0 Å². The van der Waals surface area contributed by atoms with Crippen molar-refractivity contribution in [3.05, 3.63) is 47.1 Å². The van der Waals surface area contributed by atoms with Gasteiger partial charge in [0.2, 0.25) is 0 Å². The number of rotatable bonds is 4. The highest BCUT2D eigenvalue weighted by Crippen LogP contribution is 2.29. The molecule has 7 heteroatoms. The molecule has 1 heterocycles. The molecular weight excluding hydrogens is 286 g/mol. The van der Waals surface area contributed by atoms with Gasteiger partial charge in [0.25, 0.3) is 10.0 Å². The minimum absolute atomic E-state index is 0.0638. The van der Waals surface area contributed by atoms with Gasteiger partial charge in [0.05, 0.1) is 6.20 Å². The van der Waals surface area contributed by atoms with Crippen molar-refractivity contribution in [2.75, 3.05) is 7.05 Å². The van der Waals surface area contributed by atoms with Crippen molar-refractivity contribution in [3.63, 3.8) is 0 Å². The second-order valence-electron chi connectivity index (χ2n) is 4.14. The van der Waals surface area contributed by atoms with Crippen LogP contribution in [-0.2, 0) is 10.0 Å². The van der Waals surface area contributed by atoms with E-state index in [9.17, 15) is 8.42 Å². The Labute approximate surface area is 117 Å². The Bertz CT molecular complexity index is 655. The van der Waals surface area contributed by atoms with Crippen LogP contribution in [-0.4, -0.2) is 30.0 Å². The summed E-state index contributed by atoms with van der Waals surface area (Å²) in [5.41, 5.74) is 0.759. The van der Waals surface area contributed by atoms with Crippen LogP contribution < -0.4 is 0 Å². The molecule has 0 radical (unpaired) electrons. The van der Waals surface area contributed by atoms with Crippen molar-refractivity contribution in [2.45, 2.75) is 18.0 Å². The summed E-state index contributed by atoms with van der Waals surface area (Å²) < 4.78 is 25.9. The van der Waals surface area contributed by atoms with E-state index in [0.29, 0.717) is 5.02 Å². The molecule has 0 fully saturated rings. The molecule has 2 rings (SSSR count). The molecule has 0 saturated heterocycles. The number of aromatic amines is 1. The number of benzene rings is 1. The van der Waals surface area contributed by atoms with E-state index in [1.165, 1.54) is 23.6 Å². The molecule has 0 amide bonds. The third kappa shape index (κ3) is 2.65. The van der Waals surface area contributed by atoms with Crippen LogP contribution in [0.2, 0.25) is 5.02 Å². The molecule has 1 aromatic heterocycles. The van der Waals surface area contributed by atoms with Gasteiger partial charge >= 0.3 is 0 Å². The van der Waals surface area contributed by atoms with Crippen LogP contribution in [0.1, 0.15) is 18.5 Å². The Balaban J connectivity index is 2.35. The van der Waals surface area contributed by atoms with Crippen molar-refractivity contribution in [1.82, 2.24) is 14.5 Å². The van der Waals surface area contributed by atoms with Gasteiger partial charge in [-0.15, -0.1) is 0 Å². The van der Waals surface area contributed by atoms with E-state index in [2.05, 4.69) is 10.2 Å². The lowest BCUT2D eigenvalue weighted by Gasteiger charge is -2.24. The zero-order chi connectivity index (χ0) is 14.0. The quantitative estimate of drug-likeness (QED) is 0.943. The first-order chi connectivity index (χ1) is 8.94. The maximum absolute atomic E-state index is 12.3. The molecule has 0 aliphatic heterocycles. The minimum atomic E-state index is -3.60. The predicted octanol–water partition coefficient (Wildman–Crippen LogP) is 2.44. The largest absolute Gasteiger partial charge is 0.266 e. The van der Waals surface area contributed by atoms with E-state index in [1.54, 1.807) is 13.0 Å². The average molecular weight is 300 g/mol. The molecule has 102 valence electrons. The first-order valence-corrected chi connectivity index (χ1v) is 7.48. The highest BCUT2D eigenvalue weighted by atomic mass is 35.5. The second-order valence-corrected chi connectivity index (χ2v) is 6.51. The Morgan fingerprint density at radius 3 is 2.58 bits per heavy atom. The lowest BCUT2D eigenvalue weighted by molar-refractivity contribution is 0.396. The van der Waals surface area contributed by atoms with Gasteiger partial charge in [-0.25, -0.2) is 8.42 Å². The van der Waals surface area contributed by atoms with Crippen LogP contribution in [0.25, 0.3) is 0 Å². The zero-order valence-corrected chi connectivity index (χ0v) is 12.1. The van der Waals surface area contributed by atoms with Gasteiger partial charge < -0.3 is 0 Å². The minimum Gasteiger partial charge on any atom is -0.266 e. The van der Waals surface area contributed by atoms with Crippen molar-refractivity contribution < 1.29 is 8.42 Å². The van der Waals surface area contributed by atoms with E-state index >= 15 is 0 Å². The molecule has 0 spiro atoms. The van der Waals surface area contributed by atoms with Crippen molar-refractivity contribution in [2.24, 2.45) is 0 Å². The molecule has 0 aliphatic carbocycles. The monoisotopic (exact) mass is 299 g/mol. The first-order valence-electron chi connectivity index (χ1n) is 5.66. The summed E-state index contributed by atoms with van der Waals surface area (Å²) in [6, 6.07) is 8.24. The van der Waals surface area contributed by atoms with Crippen LogP contribution >= 0.6 is 11.6 Å². The molecule has 0 aliphatic rings. The van der Waals surface area contributed by atoms with Crippen LogP contribution in [0.5, 0.6) is 0 Å².